The predicted molar refractivity (Wildman–Crippen MR) is 153 cm³/mol. The number of anilines is 1. The van der Waals surface area contributed by atoms with Gasteiger partial charge in [-0.05, 0) is 52.4 Å². The van der Waals surface area contributed by atoms with Crippen molar-refractivity contribution in [3.63, 3.8) is 0 Å². The number of amides is 1. The van der Waals surface area contributed by atoms with E-state index in [1.807, 2.05) is 20.8 Å². The Balaban J connectivity index is 1.79. The van der Waals surface area contributed by atoms with Crippen LogP contribution in [0.25, 0.3) is 22.6 Å². The van der Waals surface area contributed by atoms with E-state index >= 15 is 0 Å². The number of rotatable bonds is 9. The standard InChI is InChI=1S/C28H37ClN6O5/c1-7-19-14-34(10-11-35(19)28(37)38-6)27-16(2)25(24-17(3)33-40-18(24)4)31-26(32-27)22-12-21(8-9-23(22)29)39-15-20(36)13-30-5/h8-9,12,19-20,30,36H,7,10-11,13-15H2,1-6H3/t19-,20+/m0/s1. The maximum Gasteiger partial charge on any atom is 0.409 e. The van der Waals surface area contributed by atoms with Gasteiger partial charge >= 0.3 is 6.09 Å². The molecule has 2 N–H and O–H groups in total. The minimum atomic E-state index is -0.660. The van der Waals surface area contributed by atoms with Crippen LogP contribution in [0.4, 0.5) is 10.6 Å². The minimum absolute atomic E-state index is 0.0362. The molecule has 12 heteroatoms. The first-order chi connectivity index (χ1) is 19.2. The summed E-state index contributed by atoms with van der Waals surface area (Å²) in [5, 5.41) is 17.6. The summed E-state index contributed by atoms with van der Waals surface area (Å²) in [4.78, 5) is 26.3. The fourth-order valence-corrected chi connectivity index (χ4v) is 5.21. The van der Waals surface area contributed by atoms with Crippen LogP contribution in [0.3, 0.4) is 0 Å². The van der Waals surface area contributed by atoms with E-state index in [-0.39, 0.29) is 18.7 Å². The van der Waals surface area contributed by atoms with E-state index in [2.05, 4.69) is 22.3 Å². The van der Waals surface area contributed by atoms with Gasteiger partial charge in [0, 0.05) is 37.3 Å². The van der Waals surface area contributed by atoms with Crippen LogP contribution in [0.5, 0.6) is 5.75 Å². The van der Waals surface area contributed by atoms with Gasteiger partial charge in [-0.2, -0.15) is 0 Å². The average Bonchev–Trinajstić information content (AvgIpc) is 3.29. The quantitative estimate of drug-likeness (QED) is 0.388. The van der Waals surface area contributed by atoms with Crippen molar-refractivity contribution in [1.82, 2.24) is 25.3 Å². The lowest BCUT2D eigenvalue weighted by molar-refractivity contribution is 0.0980. The zero-order chi connectivity index (χ0) is 29.0. The van der Waals surface area contributed by atoms with Gasteiger partial charge in [0.2, 0.25) is 0 Å². The van der Waals surface area contributed by atoms with Crippen molar-refractivity contribution in [3.8, 4) is 28.4 Å². The number of piperazine rings is 1. The van der Waals surface area contributed by atoms with Crippen LogP contribution in [0.1, 0.15) is 30.4 Å². The van der Waals surface area contributed by atoms with Gasteiger partial charge in [0.25, 0.3) is 0 Å². The highest BCUT2D eigenvalue weighted by Gasteiger charge is 2.32. The molecule has 11 nitrogen and oxygen atoms in total. The number of carbonyl (C=O) groups excluding carboxylic acids is 1. The highest BCUT2D eigenvalue weighted by atomic mass is 35.5. The largest absolute Gasteiger partial charge is 0.491 e. The SMILES string of the molecule is CC[C@H]1CN(c2nc(-c3cc(OC[C@H](O)CNC)ccc3Cl)nc(-c3c(C)noc3C)c2C)CCN1C(=O)OC. The Kier molecular flexibility index (Phi) is 9.49. The normalized spacial score (nSPS) is 16.2. The first-order valence-corrected chi connectivity index (χ1v) is 13.7. The number of aliphatic hydroxyl groups excluding tert-OH is 1. The summed E-state index contributed by atoms with van der Waals surface area (Å²) in [5.41, 5.74) is 3.70. The van der Waals surface area contributed by atoms with Crippen LogP contribution < -0.4 is 15.0 Å². The smallest absolute Gasteiger partial charge is 0.409 e. The van der Waals surface area contributed by atoms with Gasteiger partial charge < -0.3 is 34.2 Å². The monoisotopic (exact) mass is 572 g/mol. The molecular formula is C28H37ClN6O5. The van der Waals surface area contributed by atoms with E-state index in [0.29, 0.717) is 59.8 Å². The van der Waals surface area contributed by atoms with Gasteiger partial charge in [0.15, 0.2) is 5.82 Å². The van der Waals surface area contributed by atoms with Crippen molar-refractivity contribution < 1.29 is 23.9 Å². The summed E-state index contributed by atoms with van der Waals surface area (Å²) in [7, 11) is 3.17. The molecule has 3 aromatic rings. The molecule has 0 saturated carbocycles. The molecule has 0 unspecified atom stereocenters. The number of methoxy groups -OCH3 is 1. The number of hydrogen-bond acceptors (Lipinski definition) is 10. The second kappa shape index (κ2) is 12.8. The number of hydrogen-bond donors (Lipinski definition) is 2. The molecule has 1 aromatic carbocycles. The molecule has 0 bridgehead atoms. The maximum absolute atomic E-state index is 12.4. The van der Waals surface area contributed by atoms with Crippen LogP contribution >= 0.6 is 11.6 Å². The molecule has 1 aliphatic heterocycles. The first kappa shape index (κ1) is 29.6. The van der Waals surface area contributed by atoms with Gasteiger partial charge in [0.05, 0.1) is 35.1 Å². The van der Waals surface area contributed by atoms with Gasteiger partial charge in [-0.15, -0.1) is 0 Å². The van der Waals surface area contributed by atoms with Gasteiger partial charge in [-0.3, -0.25) is 0 Å². The van der Waals surface area contributed by atoms with E-state index in [0.717, 1.165) is 29.1 Å². The van der Waals surface area contributed by atoms with Crippen LogP contribution in [-0.4, -0.2) is 90.3 Å². The maximum atomic E-state index is 12.4. The topological polar surface area (TPSA) is 126 Å². The number of ether oxygens (including phenoxy) is 2. The summed E-state index contributed by atoms with van der Waals surface area (Å²) in [6.07, 6.45) is -0.219. The summed E-state index contributed by atoms with van der Waals surface area (Å²) >= 11 is 6.68. The number of aliphatic hydroxyl groups is 1. The number of nitrogens with zero attached hydrogens (tertiary/aromatic N) is 5. The van der Waals surface area contributed by atoms with E-state index in [9.17, 15) is 9.90 Å². The fraction of sp³-hybridized carbons (Fsp3) is 0.500. The molecule has 0 spiro atoms. The fourth-order valence-electron chi connectivity index (χ4n) is 5.00. The number of likely N-dealkylation sites (N-methyl/N-ethyl adjacent to an activating group) is 1. The number of halogens is 1. The number of aryl methyl sites for hydroxylation is 2. The van der Waals surface area contributed by atoms with Crippen molar-refractivity contribution in [3.05, 3.63) is 40.2 Å². The molecule has 3 heterocycles. The third-order valence-corrected chi connectivity index (χ3v) is 7.44. The average molecular weight is 573 g/mol. The molecule has 40 heavy (non-hydrogen) atoms. The van der Waals surface area contributed by atoms with Gasteiger partial charge in [-0.25, -0.2) is 14.8 Å². The Labute approximate surface area is 239 Å². The first-order valence-electron chi connectivity index (χ1n) is 13.3. The van der Waals surface area contributed by atoms with Gasteiger partial charge in [0.1, 0.15) is 30.0 Å². The Morgan fingerprint density at radius 3 is 2.70 bits per heavy atom. The summed E-state index contributed by atoms with van der Waals surface area (Å²) in [5.74, 6) is 2.36. The van der Waals surface area contributed by atoms with Crippen molar-refractivity contribution in [2.75, 3.05) is 51.8 Å². The summed E-state index contributed by atoms with van der Waals surface area (Å²) in [6.45, 7) is 9.97. The Morgan fingerprint density at radius 1 is 1.27 bits per heavy atom. The lowest BCUT2D eigenvalue weighted by atomic mass is 10.0. The second-order valence-electron chi connectivity index (χ2n) is 9.88. The molecule has 4 rings (SSSR count). The molecule has 1 fully saturated rings. The molecule has 216 valence electrons. The second-order valence-corrected chi connectivity index (χ2v) is 10.3. The zero-order valence-corrected chi connectivity index (χ0v) is 24.6. The number of aromatic nitrogens is 3. The van der Waals surface area contributed by atoms with Crippen LogP contribution in [0, 0.1) is 20.8 Å². The predicted octanol–water partition coefficient (Wildman–Crippen LogP) is 4.00. The van der Waals surface area contributed by atoms with E-state index < -0.39 is 6.10 Å². The highest BCUT2D eigenvalue weighted by Crippen LogP contribution is 2.37. The minimum Gasteiger partial charge on any atom is -0.491 e. The summed E-state index contributed by atoms with van der Waals surface area (Å²) in [6, 6.07) is 5.23. The molecule has 1 amide bonds. The van der Waals surface area contributed by atoms with Crippen LogP contribution in [-0.2, 0) is 4.74 Å². The highest BCUT2D eigenvalue weighted by molar-refractivity contribution is 6.33. The molecule has 2 aromatic heterocycles. The Hall–Kier alpha value is -3.41. The molecule has 0 radical (unpaired) electrons. The van der Waals surface area contributed by atoms with E-state index in [1.165, 1.54) is 7.11 Å². The van der Waals surface area contributed by atoms with Crippen LogP contribution in [0.15, 0.2) is 22.7 Å². The zero-order valence-electron chi connectivity index (χ0n) is 23.8. The molecule has 0 aliphatic carbocycles. The van der Waals surface area contributed by atoms with E-state index in [4.69, 9.17) is 35.6 Å². The third-order valence-electron chi connectivity index (χ3n) is 7.11. The lowest BCUT2D eigenvalue weighted by Gasteiger charge is -2.41. The van der Waals surface area contributed by atoms with Crippen LogP contribution in [0.2, 0.25) is 5.02 Å². The number of benzene rings is 1. The van der Waals surface area contributed by atoms with Crippen molar-refractivity contribution in [2.24, 2.45) is 0 Å². The number of carbonyl (C=O) groups is 1. The molecule has 1 aliphatic rings. The van der Waals surface area contributed by atoms with Crippen molar-refractivity contribution >= 4 is 23.5 Å². The molecule has 1 saturated heterocycles. The number of nitrogens with one attached hydrogen (secondary N) is 1. The van der Waals surface area contributed by atoms with Gasteiger partial charge in [-0.1, -0.05) is 23.7 Å². The van der Waals surface area contributed by atoms with Crippen molar-refractivity contribution in [1.29, 1.82) is 0 Å². The van der Waals surface area contributed by atoms with Crippen molar-refractivity contribution in [2.45, 2.75) is 46.3 Å². The third kappa shape index (κ3) is 6.16. The lowest BCUT2D eigenvalue weighted by Crippen LogP contribution is -2.55. The molecule has 2 atom stereocenters. The molecular weight excluding hydrogens is 536 g/mol. The Morgan fingerprint density at radius 2 is 2.05 bits per heavy atom. The van der Waals surface area contributed by atoms with E-state index in [1.54, 1.807) is 30.1 Å². The summed E-state index contributed by atoms with van der Waals surface area (Å²) < 4.78 is 16.3. The Bertz CT molecular complexity index is 1330.